The third-order valence-corrected chi connectivity index (χ3v) is 3.66. The first-order valence-corrected chi connectivity index (χ1v) is 7.50. The van der Waals surface area contributed by atoms with Crippen molar-refractivity contribution in [3.8, 4) is 0 Å². The Morgan fingerprint density at radius 3 is 2.23 bits per heavy atom. The summed E-state index contributed by atoms with van der Waals surface area (Å²) < 4.78 is 26.0. The summed E-state index contributed by atoms with van der Waals surface area (Å²) >= 11 is 1.35. The second kappa shape index (κ2) is 7.65. The highest BCUT2D eigenvalue weighted by atomic mass is 32.1. The van der Waals surface area contributed by atoms with Gasteiger partial charge in [-0.25, -0.2) is 8.78 Å². The lowest BCUT2D eigenvalue weighted by atomic mass is 10.2. The largest absolute Gasteiger partial charge is 0.352 e. The fraction of sp³-hybridized carbons (Fsp3) is 0.200. The number of carbonyl (C=O) groups is 2. The molecule has 0 bridgehead atoms. The van der Waals surface area contributed by atoms with Crippen LogP contribution in [0.25, 0.3) is 0 Å². The summed E-state index contributed by atoms with van der Waals surface area (Å²) in [5.41, 5.74) is -0.0693. The van der Waals surface area contributed by atoms with Crippen molar-refractivity contribution in [3.63, 3.8) is 0 Å². The first-order chi connectivity index (χ1) is 10.6. The van der Waals surface area contributed by atoms with E-state index < -0.39 is 17.5 Å². The van der Waals surface area contributed by atoms with Crippen LogP contribution in [0.5, 0.6) is 0 Å². The zero-order valence-electron chi connectivity index (χ0n) is 11.6. The van der Waals surface area contributed by atoms with E-state index in [0.29, 0.717) is 30.5 Å². The summed E-state index contributed by atoms with van der Waals surface area (Å²) in [6, 6.07) is 6.16. The minimum atomic E-state index is -0.798. The highest BCUT2D eigenvalue weighted by molar-refractivity contribution is 7.12. The van der Waals surface area contributed by atoms with Crippen LogP contribution in [0.1, 0.15) is 26.5 Å². The highest BCUT2D eigenvalue weighted by Gasteiger charge is 2.09. The summed E-state index contributed by atoms with van der Waals surface area (Å²) in [6.07, 6.45) is 0.515. The SMILES string of the molecule is O=C(NCCCNC(=O)c1cccs1)c1cc(F)cc(F)c1. The first-order valence-electron chi connectivity index (χ1n) is 6.62. The van der Waals surface area contributed by atoms with E-state index in [9.17, 15) is 18.4 Å². The number of nitrogens with one attached hydrogen (secondary N) is 2. The molecule has 4 nitrogen and oxygen atoms in total. The molecule has 0 unspecified atom stereocenters. The molecule has 2 amide bonds. The number of hydrogen-bond donors (Lipinski definition) is 2. The molecule has 1 heterocycles. The van der Waals surface area contributed by atoms with Crippen LogP contribution in [0.3, 0.4) is 0 Å². The van der Waals surface area contributed by atoms with Crippen LogP contribution in [-0.4, -0.2) is 24.9 Å². The van der Waals surface area contributed by atoms with Gasteiger partial charge in [0.25, 0.3) is 11.8 Å². The van der Waals surface area contributed by atoms with Crippen molar-refractivity contribution in [2.75, 3.05) is 13.1 Å². The van der Waals surface area contributed by atoms with Gasteiger partial charge in [0, 0.05) is 24.7 Å². The smallest absolute Gasteiger partial charge is 0.261 e. The van der Waals surface area contributed by atoms with Crippen LogP contribution in [0.15, 0.2) is 35.7 Å². The second-order valence-corrected chi connectivity index (χ2v) is 5.45. The quantitative estimate of drug-likeness (QED) is 0.803. The Balaban J connectivity index is 1.70. The number of carbonyl (C=O) groups excluding carboxylic acids is 2. The van der Waals surface area contributed by atoms with Crippen molar-refractivity contribution in [1.29, 1.82) is 0 Å². The Labute approximate surface area is 130 Å². The summed E-state index contributed by atoms with van der Waals surface area (Å²) in [6.45, 7) is 0.691. The molecule has 22 heavy (non-hydrogen) atoms. The molecule has 0 aliphatic heterocycles. The van der Waals surface area contributed by atoms with Crippen molar-refractivity contribution in [3.05, 3.63) is 57.8 Å². The number of thiophene rings is 1. The van der Waals surface area contributed by atoms with Gasteiger partial charge >= 0.3 is 0 Å². The van der Waals surface area contributed by atoms with E-state index in [1.807, 2.05) is 5.38 Å². The molecule has 0 atom stereocenters. The molecule has 0 aliphatic rings. The van der Waals surface area contributed by atoms with Gasteiger partial charge in [-0.2, -0.15) is 0 Å². The third kappa shape index (κ3) is 4.63. The first kappa shape index (κ1) is 16.1. The summed E-state index contributed by atoms with van der Waals surface area (Å²) in [5, 5.41) is 7.07. The van der Waals surface area contributed by atoms with Crippen molar-refractivity contribution in [2.24, 2.45) is 0 Å². The Bertz CT molecular complexity index is 639. The highest BCUT2D eigenvalue weighted by Crippen LogP contribution is 2.08. The van der Waals surface area contributed by atoms with Crippen molar-refractivity contribution in [2.45, 2.75) is 6.42 Å². The summed E-state index contributed by atoms with van der Waals surface area (Å²) in [4.78, 5) is 24.0. The molecule has 1 aromatic carbocycles. The minimum Gasteiger partial charge on any atom is -0.352 e. The van der Waals surface area contributed by atoms with Gasteiger partial charge in [-0.1, -0.05) is 6.07 Å². The lowest BCUT2D eigenvalue weighted by molar-refractivity contribution is 0.0952. The molecule has 0 saturated carbocycles. The van der Waals surface area contributed by atoms with Gasteiger partial charge in [0.05, 0.1) is 4.88 Å². The molecule has 2 rings (SSSR count). The molecule has 2 aromatic rings. The molecule has 0 aliphatic carbocycles. The van der Waals surface area contributed by atoms with Gasteiger partial charge in [0.2, 0.25) is 0 Å². The Morgan fingerprint density at radius 1 is 1.00 bits per heavy atom. The molecule has 7 heteroatoms. The van der Waals surface area contributed by atoms with E-state index in [1.165, 1.54) is 11.3 Å². The van der Waals surface area contributed by atoms with Crippen molar-refractivity contribution < 1.29 is 18.4 Å². The molecule has 0 spiro atoms. The molecular formula is C15H14F2N2O2S. The van der Waals surface area contributed by atoms with E-state index in [0.717, 1.165) is 12.1 Å². The summed E-state index contributed by atoms with van der Waals surface area (Å²) in [7, 11) is 0. The predicted octanol–water partition coefficient (Wildman–Crippen LogP) is 2.58. The normalized spacial score (nSPS) is 10.3. The van der Waals surface area contributed by atoms with E-state index in [-0.39, 0.29) is 11.5 Å². The maximum Gasteiger partial charge on any atom is 0.261 e. The monoisotopic (exact) mass is 324 g/mol. The zero-order valence-corrected chi connectivity index (χ0v) is 12.4. The lowest BCUT2D eigenvalue weighted by Crippen LogP contribution is -2.29. The number of rotatable bonds is 6. The van der Waals surface area contributed by atoms with E-state index in [2.05, 4.69) is 10.6 Å². The Hall–Kier alpha value is -2.28. The minimum absolute atomic E-state index is 0.0693. The fourth-order valence-corrected chi connectivity index (χ4v) is 2.41. The van der Waals surface area contributed by atoms with Gasteiger partial charge in [-0.05, 0) is 30.0 Å². The number of benzene rings is 1. The maximum atomic E-state index is 13.0. The van der Waals surface area contributed by atoms with Crippen LogP contribution in [0.2, 0.25) is 0 Å². The molecule has 0 fully saturated rings. The summed E-state index contributed by atoms with van der Waals surface area (Å²) in [5.74, 6) is -2.31. The number of amides is 2. The van der Waals surface area contributed by atoms with Gasteiger partial charge < -0.3 is 10.6 Å². The molecule has 0 saturated heterocycles. The van der Waals surface area contributed by atoms with E-state index >= 15 is 0 Å². The van der Waals surface area contributed by atoms with E-state index in [1.54, 1.807) is 12.1 Å². The average molecular weight is 324 g/mol. The van der Waals surface area contributed by atoms with Crippen LogP contribution in [0, 0.1) is 11.6 Å². The van der Waals surface area contributed by atoms with Crippen LogP contribution in [0.4, 0.5) is 8.78 Å². The number of halogens is 2. The number of hydrogen-bond acceptors (Lipinski definition) is 3. The van der Waals surface area contributed by atoms with Crippen molar-refractivity contribution >= 4 is 23.2 Å². The zero-order chi connectivity index (χ0) is 15.9. The lowest BCUT2D eigenvalue weighted by Gasteiger charge is -2.06. The molecule has 0 radical (unpaired) electrons. The van der Waals surface area contributed by atoms with Crippen LogP contribution in [-0.2, 0) is 0 Å². The third-order valence-electron chi connectivity index (χ3n) is 2.79. The topological polar surface area (TPSA) is 58.2 Å². The Kier molecular flexibility index (Phi) is 5.60. The van der Waals surface area contributed by atoms with Gasteiger partial charge in [0.15, 0.2) is 0 Å². The molecule has 1 aromatic heterocycles. The van der Waals surface area contributed by atoms with Crippen LogP contribution < -0.4 is 10.6 Å². The van der Waals surface area contributed by atoms with E-state index in [4.69, 9.17) is 0 Å². The Morgan fingerprint density at radius 2 is 1.64 bits per heavy atom. The predicted molar refractivity (Wildman–Crippen MR) is 80.0 cm³/mol. The fourth-order valence-electron chi connectivity index (χ4n) is 1.77. The van der Waals surface area contributed by atoms with Gasteiger partial charge in [-0.15, -0.1) is 11.3 Å². The molecule has 116 valence electrons. The second-order valence-electron chi connectivity index (χ2n) is 4.50. The standard InChI is InChI=1S/C15H14F2N2O2S/c16-11-7-10(8-12(17)9-11)14(20)18-4-2-5-19-15(21)13-3-1-6-22-13/h1,3,6-9H,2,4-5H2,(H,18,20)(H,19,21). The average Bonchev–Trinajstić information content (AvgIpc) is 2.99. The van der Waals surface area contributed by atoms with Crippen LogP contribution >= 0.6 is 11.3 Å². The molecule has 2 N–H and O–H groups in total. The van der Waals surface area contributed by atoms with Gasteiger partial charge in [-0.3, -0.25) is 9.59 Å². The molecular weight excluding hydrogens is 310 g/mol. The van der Waals surface area contributed by atoms with Gasteiger partial charge in [0.1, 0.15) is 11.6 Å². The van der Waals surface area contributed by atoms with Crippen molar-refractivity contribution in [1.82, 2.24) is 10.6 Å². The maximum absolute atomic E-state index is 13.0.